The summed E-state index contributed by atoms with van der Waals surface area (Å²) in [7, 11) is 3.17. The van der Waals surface area contributed by atoms with Gasteiger partial charge in [-0.2, -0.15) is 4.98 Å². The number of methoxy groups -OCH3 is 2. The number of aromatic nitrogens is 2. The van der Waals surface area contributed by atoms with E-state index in [1.54, 1.807) is 25.2 Å². The summed E-state index contributed by atoms with van der Waals surface area (Å²) in [4.78, 5) is 18.8. The van der Waals surface area contributed by atoms with Crippen LogP contribution in [0.1, 0.15) is 23.8 Å². The Labute approximate surface area is 162 Å². The van der Waals surface area contributed by atoms with E-state index in [4.69, 9.17) is 14.0 Å². The van der Waals surface area contributed by atoms with E-state index in [2.05, 4.69) is 10.1 Å². The minimum atomic E-state index is -0.140. The van der Waals surface area contributed by atoms with Crippen molar-refractivity contribution in [3.63, 3.8) is 0 Å². The molecule has 1 saturated heterocycles. The highest BCUT2D eigenvalue weighted by Crippen LogP contribution is 2.35. The summed E-state index contributed by atoms with van der Waals surface area (Å²) in [6.07, 6.45) is 0.343. The van der Waals surface area contributed by atoms with Gasteiger partial charge >= 0.3 is 0 Å². The standard InChI is InChI=1S/C21H21N3O4/c1-13-4-6-15(7-5-13)24-12-14(10-19(24)25)21-22-20(23-28-21)17-9-8-16(26-2)11-18(17)27-3/h4-9,11,14H,10,12H2,1-3H3/t14-/m1/s1. The third kappa shape index (κ3) is 3.31. The zero-order valence-electron chi connectivity index (χ0n) is 16.0. The van der Waals surface area contributed by atoms with Crippen LogP contribution in [0.15, 0.2) is 47.0 Å². The molecule has 0 unspecified atom stereocenters. The van der Waals surface area contributed by atoms with Crippen molar-refractivity contribution in [1.82, 2.24) is 10.1 Å². The second-order valence-corrected chi connectivity index (χ2v) is 6.76. The van der Waals surface area contributed by atoms with Gasteiger partial charge in [-0.25, -0.2) is 0 Å². The van der Waals surface area contributed by atoms with E-state index in [9.17, 15) is 4.79 Å². The van der Waals surface area contributed by atoms with E-state index in [-0.39, 0.29) is 11.8 Å². The number of aryl methyl sites for hydroxylation is 1. The molecule has 0 spiro atoms. The fraction of sp³-hybridized carbons (Fsp3) is 0.286. The number of hydrogen-bond acceptors (Lipinski definition) is 6. The number of ether oxygens (including phenoxy) is 2. The molecule has 1 aromatic heterocycles. The average molecular weight is 379 g/mol. The molecule has 7 heteroatoms. The van der Waals surface area contributed by atoms with Gasteiger partial charge in [0.05, 0.1) is 25.7 Å². The lowest BCUT2D eigenvalue weighted by atomic mass is 10.1. The molecule has 0 radical (unpaired) electrons. The molecule has 0 bridgehead atoms. The Kier molecular flexibility index (Phi) is 4.73. The SMILES string of the molecule is COc1ccc(-c2noc([C@@H]3CC(=O)N(c4ccc(C)cc4)C3)n2)c(OC)c1. The van der Waals surface area contributed by atoms with Gasteiger partial charge in [-0.1, -0.05) is 22.9 Å². The molecule has 0 saturated carbocycles. The first-order valence-electron chi connectivity index (χ1n) is 9.02. The number of carbonyl (C=O) groups excluding carboxylic acids is 1. The zero-order valence-corrected chi connectivity index (χ0v) is 16.0. The van der Waals surface area contributed by atoms with Crippen LogP contribution in [0.2, 0.25) is 0 Å². The van der Waals surface area contributed by atoms with Crippen LogP contribution >= 0.6 is 0 Å². The normalized spacial score (nSPS) is 16.5. The number of anilines is 1. The monoisotopic (exact) mass is 379 g/mol. The van der Waals surface area contributed by atoms with Crippen molar-refractivity contribution in [3.8, 4) is 22.9 Å². The van der Waals surface area contributed by atoms with Gasteiger partial charge in [-0.05, 0) is 31.2 Å². The summed E-state index contributed by atoms with van der Waals surface area (Å²) in [6.45, 7) is 2.54. The molecule has 3 aromatic rings. The molecule has 144 valence electrons. The third-order valence-electron chi connectivity index (χ3n) is 4.91. The maximum absolute atomic E-state index is 12.5. The Morgan fingerprint density at radius 1 is 1.11 bits per heavy atom. The van der Waals surface area contributed by atoms with Crippen LogP contribution in [0.25, 0.3) is 11.4 Å². The largest absolute Gasteiger partial charge is 0.497 e. The van der Waals surface area contributed by atoms with Crippen molar-refractivity contribution in [2.75, 3.05) is 25.7 Å². The minimum Gasteiger partial charge on any atom is -0.497 e. The fourth-order valence-electron chi connectivity index (χ4n) is 3.34. The van der Waals surface area contributed by atoms with Gasteiger partial charge in [-0.15, -0.1) is 0 Å². The molecular formula is C21H21N3O4. The lowest BCUT2D eigenvalue weighted by molar-refractivity contribution is -0.117. The molecule has 0 aliphatic carbocycles. The molecule has 1 aliphatic heterocycles. The Morgan fingerprint density at radius 2 is 1.89 bits per heavy atom. The number of carbonyl (C=O) groups is 1. The summed E-state index contributed by atoms with van der Waals surface area (Å²) in [5, 5.41) is 4.09. The third-order valence-corrected chi connectivity index (χ3v) is 4.91. The van der Waals surface area contributed by atoms with E-state index < -0.39 is 0 Å². The van der Waals surface area contributed by atoms with Gasteiger partial charge in [0.25, 0.3) is 0 Å². The van der Waals surface area contributed by atoms with Gasteiger partial charge in [0, 0.05) is 24.7 Å². The Balaban J connectivity index is 1.57. The van der Waals surface area contributed by atoms with Gasteiger partial charge in [0.2, 0.25) is 17.6 Å². The first kappa shape index (κ1) is 18.0. The molecule has 1 amide bonds. The van der Waals surface area contributed by atoms with E-state index in [1.165, 1.54) is 0 Å². The first-order valence-corrected chi connectivity index (χ1v) is 9.02. The van der Waals surface area contributed by atoms with Gasteiger partial charge in [0.15, 0.2) is 0 Å². The van der Waals surface area contributed by atoms with Crippen molar-refractivity contribution in [2.45, 2.75) is 19.3 Å². The van der Waals surface area contributed by atoms with Crippen molar-refractivity contribution in [2.24, 2.45) is 0 Å². The van der Waals surface area contributed by atoms with Crippen molar-refractivity contribution in [1.29, 1.82) is 0 Å². The number of amides is 1. The quantitative estimate of drug-likeness (QED) is 0.674. The second kappa shape index (κ2) is 7.34. The fourth-order valence-corrected chi connectivity index (χ4v) is 3.34. The van der Waals surface area contributed by atoms with Crippen LogP contribution in [0, 0.1) is 6.92 Å². The highest BCUT2D eigenvalue weighted by molar-refractivity contribution is 5.96. The molecule has 7 nitrogen and oxygen atoms in total. The second-order valence-electron chi connectivity index (χ2n) is 6.76. The Hall–Kier alpha value is -3.35. The number of nitrogens with zero attached hydrogens (tertiary/aromatic N) is 3. The number of benzene rings is 2. The van der Waals surface area contributed by atoms with Crippen LogP contribution < -0.4 is 14.4 Å². The molecule has 28 heavy (non-hydrogen) atoms. The maximum Gasteiger partial charge on any atom is 0.232 e. The maximum atomic E-state index is 12.5. The first-order chi connectivity index (χ1) is 13.6. The van der Waals surface area contributed by atoms with Crippen LogP contribution in [-0.2, 0) is 4.79 Å². The van der Waals surface area contributed by atoms with Crippen LogP contribution in [0.5, 0.6) is 11.5 Å². The van der Waals surface area contributed by atoms with Crippen LogP contribution in [0.3, 0.4) is 0 Å². The van der Waals surface area contributed by atoms with Gasteiger partial charge < -0.3 is 18.9 Å². The molecule has 0 N–H and O–H groups in total. The molecule has 1 aliphatic rings. The minimum absolute atomic E-state index is 0.0515. The predicted octanol–water partition coefficient (Wildman–Crippen LogP) is 3.58. The summed E-state index contributed by atoms with van der Waals surface area (Å²) in [5.74, 6) is 2.07. The predicted molar refractivity (Wildman–Crippen MR) is 104 cm³/mol. The summed E-state index contributed by atoms with van der Waals surface area (Å²) >= 11 is 0. The lowest BCUT2D eigenvalue weighted by Crippen LogP contribution is -2.24. The van der Waals surface area contributed by atoms with E-state index in [0.29, 0.717) is 41.7 Å². The van der Waals surface area contributed by atoms with E-state index in [0.717, 1.165) is 11.3 Å². The van der Waals surface area contributed by atoms with Gasteiger partial charge in [0.1, 0.15) is 11.5 Å². The highest BCUT2D eigenvalue weighted by atomic mass is 16.5. The number of hydrogen-bond donors (Lipinski definition) is 0. The van der Waals surface area contributed by atoms with Crippen LogP contribution in [0.4, 0.5) is 5.69 Å². The molecule has 4 rings (SSSR count). The van der Waals surface area contributed by atoms with Crippen molar-refractivity contribution >= 4 is 11.6 Å². The van der Waals surface area contributed by atoms with E-state index >= 15 is 0 Å². The number of rotatable bonds is 5. The summed E-state index contributed by atoms with van der Waals surface area (Å²) in [6, 6.07) is 13.3. The molecular weight excluding hydrogens is 358 g/mol. The summed E-state index contributed by atoms with van der Waals surface area (Å²) in [5.41, 5.74) is 2.75. The molecule has 1 fully saturated rings. The van der Waals surface area contributed by atoms with Crippen LogP contribution in [-0.4, -0.2) is 36.8 Å². The zero-order chi connectivity index (χ0) is 19.7. The molecule has 1 atom stereocenters. The smallest absolute Gasteiger partial charge is 0.232 e. The van der Waals surface area contributed by atoms with Gasteiger partial charge in [-0.3, -0.25) is 4.79 Å². The van der Waals surface area contributed by atoms with Crippen molar-refractivity contribution < 1.29 is 18.8 Å². The molecule has 2 heterocycles. The average Bonchev–Trinajstić information content (AvgIpc) is 3.35. The summed E-state index contributed by atoms with van der Waals surface area (Å²) < 4.78 is 16.1. The molecule has 2 aromatic carbocycles. The topological polar surface area (TPSA) is 77.7 Å². The Morgan fingerprint density at radius 3 is 2.61 bits per heavy atom. The Bertz CT molecular complexity index is 997. The highest BCUT2D eigenvalue weighted by Gasteiger charge is 2.35. The lowest BCUT2D eigenvalue weighted by Gasteiger charge is -2.16. The van der Waals surface area contributed by atoms with E-state index in [1.807, 2.05) is 43.3 Å². The van der Waals surface area contributed by atoms with Crippen molar-refractivity contribution in [3.05, 3.63) is 53.9 Å².